The number of aliphatic hydroxyl groups is 1. The highest BCUT2D eigenvalue weighted by molar-refractivity contribution is 5.96. The second-order valence-electron chi connectivity index (χ2n) is 7.14. The van der Waals surface area contributed by atoms with Crippen molar-refractivity contribution in [1.29, 1.82) is 0 Å². The molecule has 0 heterocycles. The van der Waals surface area contributed by atoms with E-state index in [4.69, 9.17) is 26.2 Å². The van der Waals surface area contributed by atoms with Gasteiger partial charge in [0, 0.05) is 0 Å². The monoisotopic (exact) mass is 448 g/mol. The van der Waals surface area contributed by atoms with Crippen LogP contribution in [0.15, 0.2) is 0 Å². The van der Waals surface area contributed by atoms with E-state index in [-0.39, 0.29) is 12.3 Å². The average molecular weight is 448 g/mol. The molecule has 9 N–H and O–H groups in total. The van der Waals surface area contributed by atoms with Gasteiger partial charge in [0.05, 0.1) is 25.5 Å². The fourth-order valence-electron chi connectivity index (χ4n) is 2.38. The van der Waals surface area contributed by atoms with Gasteiger partial charge in [-0.3, -0.25) is 24.0 Å². The molecule has 0 aromatic carbocycles. The minimum atomic E-state index is -1.72. The Balaban J connectivity index is 5.45. The molecular weight excluding hydrogens is 420 g/mol. The summed E-state index contributed by atoms with van der Waals surface area (Å²) in [5, 5.41) is 41.9. The van der Waals surface area contributed by atoms with Crippen molar-refractivity contribution in [3.63, 3.8) is 0 Å². The zero-order valence-corrected chi connectivity index (χ0v) is 17.0. The predicted octanol–water partition coefficient (Wildman–Crippen LogP) is -3.16. The van der Waals surface area contributed by atoms with E-state index >= 15 is 0 Å². The van der Waals surface area contributed by atoms with Crippen molar-refractivity contribution < 1.29 is 49.2 Å². The lowest BCUT2D eigenvalue weighted by Crippen LogP contribution is -2.58. The first kappa shape index (κ1) is 27.7. The van der Waals surface area contributed by atoms with Crippen molar-refractivity contribution in [2.24, 2.45) is 11.7 Å². The molecule has 0 saturated heterocycles. The summed E-state index contributed by atoms with van der Waals surface area (Å²) in [5.74, 6) is -7.60. The van der Waals surface area contributed by atoms with Crippen molar-refractivity contribution >= 4 is 35.6 Å². The molecule has 0 aromatic rings. The van der Waals surface area contributed by atoms with Crippen LogP contribution in [0.25, 0.3) is 0 Å². The highest BCUT2D eigenvalue weighted by Gasteiger charge is 2.32. The van der Waals surface area contributed by atoms with Crippen LogP contribution in [0, 0.1) is 5.92 Å². The molecule has 0 saturated carbocycles. The highest BCUT2D eigenvalue weighted by Crippen LogP contribution is 2.07. The number of carboxylic acids is 3. The fraction of sp³-hybridized carbons (Fsp3) is 0.647. The van der Waals surface area contributed by atoms with Gasteiger partial charge < -0.3 is 42.1 Å². The number of hydrogen-bond donors (Lipinski definition) is 8. The highest BCUT2D eigenvalue weighted by atomic mass is 16.4. The molecule has 3 amide bonds. The van der Waals surface area contributed by atoms with Crippen molar-refractivity contribution in [2.75, 3.05) is 6.61 Å². The van der Waals surface area contributed by atoms with Gasteiger partial charge in [-0.05, 0) is 12.3 Å². The Bertz CT molecular complexity index is 696. The van der Waals surface area contributed by atoms with Crippen LogP contribution in [-0.2, 0) is 28.8 Å². The number of carbonyl (C=O) groups is 6. The summed E-state index contributed by atoms with van der Waals surface area (Å²) in [7, 11) is 0. The molecule has 4 unspecified atom stereocenters. The number of carboxylic acid groups (broad SMARTS) is 3. The lowest BCUT2D eigenvalue weighted by Gasteiger charge is -2.25. The third-order valence-electron chi connectivity index (χ3n) is 3.88. The van der Waals surface area contributed by atoms with Gasteiger partial charge in [0.1, 0.15) is 18.1 Å². The van der Waals surface area contributed by atoms with E-state index < -0.39 is 79.2 Å². The van der Waals surface area contributed by atoms with Gasteiger partial charge in [0.2, 0.25) is 17.7 Å². The number of nitrogens with one attached hydrogen (secondary N) is 3. The Hall–Kier alpha value is -3.26. The van der Waals surface area contributed by atoms with Crippen LogP contribution in [0.2, 0.25) is 0 Å². The first-order chi connectivity index (χ1) is 14.3. The molecule has 14 heteroatoms. The van der Waals surface area contributed by atoms with Crippen molar-refractivity contribution in [2.45, 2.75) is 57.3 Å². The summed E-state index contributed by atoms with van der Waals surface area (Å²) in [6.45, 7) is 2.45. The number of amides is 3. The summed E-state index contributed by atoms with van der Waals surface area (Å²) in [6.07, 6.45) is -1.55. The molecule has 0 spiro atoms. The Morgan fingerprint density at radius 2 is 1.19 bits per heavy atom. The Morgan fingerprint density at radius 1 is 0.742 bits per heavy atom. The molecule has 0 rings (SSSR count). The van der Waals surface area contributed by atoms with Crippen LogP contribution in [0.3, 0.4) is 0 Å². The quantitative estimate of drug-likeness (QED) is 0.132. The number of nitrogens with two attached hydrogens (primary N) is 1. The van der Waals surface area contributed by atoms with Crippen LogP contribution in [-0.4, -0.2) is 86.8 Å². The second-order valence-corrected chi connectivity index (χ2v) is 7.14. The number of aliphatic carboxylic acids is 3. The predicted molar refractivity (Wildman–Crippen MR) is 102 cm³/mol. The van der Waals surface area contributed by atoms with Crippen molar-refractivity contribution in [1.82, 2.24) is 16.0 Å². The van der Waals surface area contributed by atoms with Crippen LogP contribution in [0.4, 0.5) is 0 Å². The summed E-state index contributed by atoms with van der Waals surface area (Å²) in [6, 6.07) is -6.15. The third-order valence-corrected chi connectivity index (χ3v) is 3.88. The summed E-state index contributed by atoms with van der Waals surface area (Å²) >= 11 is 0. The molecular formula is C17H28N4O10. The number of rotatable bonds is 14. The fourth-order valence-corrected chi connectivity index (χ4v) is 2.38. The first-order valence-electron chi connectivity index (χ1n) is 9.22. The van der Waals surface area contributed by atoms with Gasteiger partial charge in [0.15, 0.2) is 0 Å². The largest absolute Gasteiger partial charge is 0.481 e. The summed E-state index contributed by atoms with van der Waals surface area (Å²) in [4.78, 5) is 69.7. The van der Waals surface area contributed by atoms with E-state index in [9.17, 15) is 28.8 Å². The number of hydrogen-bond acceptors (Lipinski definition) is 8. The topological polar surface area (TPSA) is 245 Å². The summed E-state index contributed by atoms with van der Waals surface area (Å²) < 4.78 is 0. The van der Waals surface area contributed by atoms with Gasteiger partial charge in [-0.15, -0.1) is 0 Å². The molecule has 0 fully saturated rings. The Kier molecular flexibility index (Phi) is 11.7. The lowest BCUT2D eigenvalue weighted by atomic mass is 10.0. The number of aliphatic hydroxyl groups excluding tert-OH is 1. The van der Waals surface area contributed by atoms with Gasteiger partial charge in [-0.25, -0.2) is 4.79 Å². The van der Waals surface area contributed by atoms with E-state index in [2.05, 4.69) is 10.6 Å². The molecule has 0 aliphatic heterocycles. The third kappa shape index (κ3) is 10.9. The Morgan fingerprint density at radius 3 is 1.61 bits per heavy atom. The van der Waals surface area contributed by atoms with E-state index in [1.807, 2.05) is 5.32 Å². The molecule has 176 valence electrons. The first-order valence-corrected chi connectivity index (χ1v) is 9.22. The van der Waals surface area contributed by atoms with Crippen LogP contribution < -0.4 is 21.7 Å². The van der Waals surface area contributed by atoms with E-state index in [1.54, 1.807) is 13.8 Å². The Labute approximate surface area is 177 Å². The maximum atomic E-state index is 12.6. The smallest absolute Gasteiger partial charge is 0.328 e. The van der Waals surface area contributed by atoms with Crippen LogP contribution in [0.1, 0.15) is 33.1 Å². The molecule has 0 aliphatic rings. The molecule has 31 heavy (non-hydrogen) atoms. The molecule has 0 aromatic heterocycles. The zero-order chi connectivity index (χ0) is 24.3. The van der Waals surface area contributed by atoms with E-state index in [0.29, 0.717) is 0 Å². The molecule has 0 radical (unpaired) electrons. The SMILES string of the molecule is CC(C)CC(NC(=O)C(N)CC(=O)O)C(=O)NC(CC(=O)O)C(=O)NC(CO)C(=O)O. The standard InChI is InChI=1S/C17H28N4O10/c1-7(2)3-9(19-14(27)8(18)4-12(23)24)15(28)20-10(5-13(25)26)16(29)21-11(6-22)17(30)31/h7-11,22H,3-6,18H2,1-2H3,(H,19,27)(H,20,28)(H,21,29)(H,23,24)(H,25,26)(H,30,31). The van der Waals surface area contributed by atoms with E-state index in [0.717, 1.165) is 0 Å². The normalized spacial score (nSPS) is 14.6. The van der Waals surface area contributed by atoms with Gasteiger partial charge in [-0.2, -0.15) is 0 Å². The van der Waals surface area contributed by atoms with Crippen molar-refractivity contribution in [3.8, 4) is 0 Å². The molecule has 0 bridgehead atoms. The van der Waals surface area contributed by atoms with Gasteiger partial charge in [0.25, 0.3) is 0 Å². The van der Waals surface area contributed by atoms with Crippen molar-refractivity contribution in [3.05, 3.63) is 0 Å². The molecule has 0 aliphatic carbocycles. The minimum Gasteiger partial charge on any atom is -0.481 e. The molecule has 14 nitrogen and oxygen atoms in total. The zero-order valence-electron chi connectivity index (χ0n) is 17.0. The maximum Gasteiger partial charge on any atom is 0.328 e. The summed E-state index contributed by atoms with van der Waals surface area (Å²) in [5.41, 5.74) is 5.47. The van der Waals surface area contributed by atoms with Crippen LogP contribution >= 0.6 is 0 Å². The van der Waals surface area contributed by atoms with Gasteiger partial charge in [-0.1, -0.05) is 13.8 Å². The number of carbonyl (C=O) groups excluding carboxylic acids is 3. The average Bonchev–Trinajstić information content (AvgIpc) is 2.62. The maximum absolute atomic E-state index is 12.6. The van der Waals surface area contributed by atoms with E-state index in [1.165, 1.54) is 0 Å². The van der Waals surface area contributed by atoms with Gasteiger partial charge >= 0.3 is 17.9 Å². The molecule has 4 atom stereocenters. The van der Waals surface area contributed by atoms with Crippen LogP contribution in [0.5, 0.6) is 0 Å². The lowest BCUT2D eigenvalue weighted by molar-refractivity contribution is -0.144. The minimum absolute atomic E-state index is 0.0488. The second kappa shape index (κ2) is 13.1.